The van der Waals surface area contributed by atoms with Crippen molar-refractivity contribution in [3.8, 4) is 11.5 Å². The molecule has 2 aromatic carbocycles. The molecule has 0 bridgehead atoms. The van der Waals surface area contributed by atoms with Crippen LogP contribution in [0.5, 0.6) is 11.5 Å². The molecule has 1 amide bonds. The molecule has 0 atom stereocenters. The third-order valence-electron chi connectivity index (χ3n) is 4.82. The quantitative estimate of drug-likeness (QED) is 0.649. The summed E-state index contributed by atoms with van der Waals surface area (Å²) in [6.45, 7) is 6.40. The van der Waals surface area contributed by atoms with Crippen molar-refractivity contribution in [2.45, 2.75) is 13.5 Å². The monoisotopic (exact) mass is 444 g/mol. The summed E-state index contributed by atoms with van der Waals surface area (Å²) in [5, 5.41) is 14.8. The Hall–Kier alpha value is -3.59. The van der Waals surface area contributed by atoms with Gasteiger partial charge in [0.2, 0.25) is 0 Å². The number of aliphatic carboxylic acids is 2. The van der Waals surface area contributed by atoms with E-state index in [9.17, 15) is 4.79 Å². The summed E-state index contributed by atoms with van der Waals surface area (Å²) in [6, 6.07) is 15.9. The van der Waals surface area contributed by atoms with Gasteiger partial charge in [-0.1, -0.05) is 29.8 Å². The summed E-state index contributed by atoms with van der Waals surface area (Å²) in [7, 11) is 1.62. The average molecular weight is 444 g/mol. The van der Waals surface area contributed by atoms with Crippen molar-refractivity contribution < 1.29 is 34.1 Å². The van der Waals surface area contributed by atoms with Gasteiger partial charge in [0.05, 0.1) is 7.11 Å². The minimum Gasteiger partial charge on any atom is -0.497 e. The van der Waals surface area contributed by atoms with Gasteiger partial charge in [-0.25, -0.2) is 9.59 Å². The zero-order valence-electron chi connectivity index (χ0n) is 18.2. The minimum absolute atomic E-state index is 0.0380. The van der Waals surface area contributed by atoms with E-state index in [4.69, 9.17) is 29.3 Å². The molecule has 0 saturated carbocycles. The molecule has 1 fully saturated rings. The smallest absolute Gasteiger partial charge is 0.414 e. The number of carbonyl (C=O) groups excluding carboxylic acids is 1. The number of aryl methyl sites for hydroxylation is 1. The number of hydrogen-bond acceptors (Lipinski definition) is 6. The molecule has 32 heavy (non-hydrogen) atoms. The number of carbonyl (C=O) groups is 3. The van der Waals surface area contributed by atoms with Crippen LogP contribution in [0.1, 0.15) is 11.1 Å². The lowest BCUT2D eigenvalue weighted by Crippen LogP contribution is -2.49. The van der Waals surface area contributed by atoms with Crippen LogP contribution in [-0.4, -0.2) is 77.8 Å². The topological polar surface area (TPSA) is 117 Å². The molecule has 1 heterocycles. The van der Waals surface area contributed by atoms with Gasteiger partial charge in [-0.15, -0.1) is 0 Å². The van der Waals surface area contributed by atoms with Crippen LogP contribution in [0.15, 0.2) is 48.5 Å². The summed E-state index contributed by atoms with van der Waals surface area (Å²) >= 11 is 0. The van der Waals surface area contributed by atoms with Crippen LogP contribution >= 0.6 is 0 Å². The van der Waals surface area contributed by atoms with Gasteiger partial charge in [-0.3, -0.25) is 9.69 Å². The number of amides is 1. The second kappa shape index (κ2) is 12.3. The maximum absolute atomic E-state index is 12.4. The first kappa shape index (κ1) is 24.7. The van der Waals surface area contributed by atoms with E-state index in [1.807, 2.05) is 29.2 Å². The molecule has 2 N–H and O–H groups in total. The summed E-state index contributed by atoms with van der Waals surface area (Å²) in [4.78, 5) is 34.8. The molecule has 0 aromatic heterocycles. The fourth-order valence-corrected chi connectivity index (χ4v) is 3.13. The van der Waals surface area contributed by atoms with Crippen LogP contribution in [-0.2, 0) is 20.9 Å². The average Bonchev–Trinajstić information content (AvgIpc) is 2.78. The van der Waals surface area contributed by atoms with E-state index in [1.54, 1.807) is 7.11 Å². The zero-order chi connectivity index (χ0) is 23.5. The lowest BCUT2D eigenvalue weighted by atomic mass is 10.1. The first-order chi connectivity index (χ1) is 15.3. The Kier molecular flexibility index (Phi) is 9.49. The number of hydrogen-bond donors (Lipinski definition) is 2. The highest BCUT2D eigenvalue weighted by atomic mass is 16.5. The molecule has 172 valence electrons. The van der Waals surface area contributed by atoms with Gasteiger partial charge in [-0.2, -0.15) is 0 Å². The predicted octanol–water partition coefficient (Wildman–Crippen LogP) is 1.88. The first-order valence-electron chi connectivity index (χ1n) is 10.1. The van der Waals surface area contributed by atoms with Crippen molar-refractivity contribution >= 4 is 17.8 Å². The molecule has 0 radical (unpaired) electrons. The number of piperazine rings is 1. The molecule has 0 aliphatic carbocycles. The third-order valence-corrected chi connectivity index (χ3v) is 4.82. The highest BCUT2D eigenvalue weighted by Crippen LogP contribution is 2.17. The van der Waals surface area contributed by atoms with Crippen LogP contribution in [0.4, 0.5) is 0 Å². The Labute approximate surface area is 186 Å². The summed E-state index contributed by atoms with van der Waals surface area (Å²) in [6.07, 6.45) is 0. The van der Waals surface area contributed by atoms with Gasteiger partial charge in [-0.05, 0) is 36.8 Å². The van der Waals surface area contributed by atoms with E-state index in [2.05, 4.69) is 36.1 Å². The van der Waals surface area contributed by atoms with E-state index in [0.29, 0.717) is 5.75 Å². The second-order valence-electron chi connectivity index (χ2n) is 7.22. The van der Waals surface area contributed by atoms with E-state index in [-0.39, 0.29) is 12.5 Å². The Morgan fingerprint density at radius 1 is 0.906 bits per heavy atom. The zero-order valence-corrected chi connectivity index (χ0v) is 18.2. The van der Waals surface area contributed by atoms with Crippen LogP contribution in [0, 0.1) is 6.92 Å². The molecular formula is C23H28N2O7. The van der Waals surface area contributed by atoms with Gasteiger partial charge in [0.25, 0.3) is 5.91 Å². The number of ether oxygens (including phenoxy) is 2. The fraction of sp³-hybridized carbons (Fsp3) is 0.348. The number of carboxylic acid groups (broad SMARTS) is 2. The highest BCUT2D eigenvalue weighted by Gasteiger charge is 2.21. The largest absolute Gasteiger partial charge is 0.497 e. The molecule has 1 aliphatic rings. The lowest BCUT2D eigenvalue weighted by molar-refractivity contribution is -0.159. The van der Waals surface area contributed by atoms with Crippen LogP contribution in [0.25, 0.3) is 0 Å². The number of rotatable bonds is 6. The predicted molar refractivity (Wildman–Crippen MR) is 117 cm³/mol. The summed E-state index contributed by atoms with van der Waals surface area (Å²) in [5.41, 5.74) is 2.61. The maximum atomic E-state index is 12.4. The Balaban J connectivity index is 0.000000534. The molecule has 2 aromatic rings. The van der Waals surface area contributed by atoms with Crippen LogP contribution < -0.4 is 9.47 Å². The number of methoxy groups -OCH3 is 1. The van der Waals surface area contributed by atoms with Crippen molar-refractivity contribution in [2.75, 3.05) is 39.9 Å². The fourth-order valence-electron chi connectivity index (χ4n) is 3.13. The molecule has 3 rings (SSSR count). The second-order valence-corrected chi connectivity index (χ2v) is 7.22. The summed E-state index contributed by atoms with van der Waals surface area (Å²) in [5.74, 6) is -2.16. The standard InChI is InChI=1S/C21H26N2O3.C2H2O4/c1-17-4-3-5-18(14-17)15-22-10-12-23(13-11-22)21(24)16-26-20-8-6-19(25-2)7-9-20;3-1(4)2(5)6/h3-9,14H,10-13,15-16H2,1-2H3;(H,3,4)(H,5,6). The van der Waals surface area contributed by atoms with Crippen molar-refractivity contribution in [2.24, 2.45) is 0 Å². The molecular weight excluding hydrogens is 416 g/mol. The normalized spacial score (nSPS) is 13.5. The van der Waals surface area contributed by atoms with E-state index < -0.39 is 11.9 Å². The van der Waals surface area contributed by atoms with Gasteiger partial charge < -0.3 is 24.6 Å². The van der Waals surface area contributed by atoms with Crippen molar-refractivity contribution in [1.29, 1.82) is 0 Å². The molecule has 1 aliphatic heterocycles. The summed E-state index contributed by atoms with van der Waals surface area (Å²) < 4.78 is 10.7. The molecule has 9 nitrogen and oxygen atoms in total. The molecule has 1 saturated heterocycles. The van der Waals surface area contributed by atoms with Crippen molar-refractivity contribution in [3.63, 3.8) is 0 Å². The maximum Gasteiger partial charge on any atom is 0.414 e. The SMILES string of the molecule is COc1ccc(OCC(=O)N2CCN(Cc3cccc(C)c3)CC2)cc1.O=C(O)C(=O)O. The molecule has 9 heteroatoms. The van der Waals surface area contributed by atoms with Crippen LogP contribution in [0.2, 0.25) is 0 Å². The molecule has 0 spiro atoms. The lowest BCUT2D eigenvalue weighted by Gasteiger charge is -2.34. The number of carboxylic acids is 2. The highest BCUT2D eigenvalue weighted by molar-refractivity contribution is 6.27. The van der Waals surface area contributed by atoms with Gasteiger partial charge >= 0.3 is 11.9 Å². The number of benzene rings is 2. The third kappa shape index (κ3) is 8.27. The van der Waals surface area contributed by atoms with Crippen LogP contribution in [0.3, 0.4) is 0 Å². The first-order valence-corrected chi connectivity index (χ1v) is 10.1. The van der Waals surface area contributed by atoms with Gasteiger partial charge in [0, 0.05) is 32.7 Å². The Morgan fingerprint density at radius 2 is 1.50 bits per heavy atom. The Bertz CT molecular complexity index is 895. The van der Waals surface area contributed by atoms with Crippen molar-refractivity contribution in [1.82, 2.24) is 9.80 Å². The van der Waals surface area contributed by atoms with Gasteiger partial charge in [0.15, 0.2) is 6.61 Å². The van der Waals surface area contributed by atoms with Gasteiger partial charge in [0.1, 0.15) is 11.5 Å². The number of nitrogens with zero attached hydrogens (tertiary/aromatic N) is 2. The van der Waals surface area contributed by atoms with Crippen molar-refractivity contribution in [3.05, 3.63) is 59.7 Å². The Morgan fingerprint density at radius 3 is 2.03 bits per heavy atom. The molecule has 0 unspecified atom stereocenters. The minimum atomic E-state index is -1.82. The van der Waals surface area contributed by atoms with E-state index >= 15 is 0 Å². The van der Waals surface area contributed by atoms with E-state index in [1.165, 1.54) is 11.1 Å². The van der Waals surface area contributed by atoms with E-state index in [0.717, 1.165) is 38.5 Å².